The number of benzene rings is 1. The van der Waals surface area contributed by atoms with E-state index in [1.807, 2.05) is 25.1 Å². The molecule has 0 saturated heterocycles. The van der Waals surface area contributed by atoms with Crippen molar-refractivity contribution in [2.24, 2.45) is 0 Å². The number of methoxy groups -OCH3 is 1. The molecule has 1 atom stereocenters. The molecule has 166 valence electrons. The van der Waals surface area contributed by atoms with E-state index in [0.717, 1.165) is 23.5 Å². The van der Waals surface area contributed by atoms with Gasteiger partial charge in [0, 0.05) is 50.7 Å². The monoisotopic (exact) mass is 425 g/mol. The molecule has 2 aromatic rings. The largest absolute Gasteiger partial charge is 0.385 e. The van der Waals surface area contributed by atoms with Crippen LogP contribution in [0.5, 0.6) is 0 Å². The molecule has 1 aliphatic heterocycles. The summed E-state index contributed by atoms with van der Waals surface area (Å²) in [7, 11) is 3.42. The number of amides is 2. The Hall–Kier alpha value is -3.13. The molecule has 2 amide bonds. The second kappa shape index (κ2) is 9.78. The number of carbonyl (C=O) groups excluding carboxylic acids is 2. The van der Waals surface area contributed by atoms with E-state index in [1.165, 1.54) is 0 Å². The summed E-state index contributed by atoms with van der Waals surface area (Å²) in [5, 5.41) is 6.18. The second-order valence-electron chi connectivity index (χ2n) is 7.94. The third-order valence-electron chi connectivity index (χ3n) is 5.37. The zero-order valence-electron chi connectivity index (χ0n) is 18.8. The van der Waals surface area contributed by atoms with Crippen molar-refractivity contribution in [1.82, 2.24) is 10.3 Å². The van der Waals surface area contributed by atoms with Crippen molar-refractivity contribution in [3.63, 3.8) is 0 Å². The van der Waals surface area contributed by atoms with Crippen molar-refractivity contribution >= 4 is 34.7 Å². The fraction of sp³-hybridized carbons (Fsp3) is 0.435. The number of rotatable bonds is 8. The molecule has 2 heterocycles. The third kappa shape index (κ3) is 4.96. The molecular formula is C23H31N5O3. The number of fused-ring (bicyclic) bond motifs is 1. The lowest BCUT2D eigenvalue weighted by Crippen LogP contribution is -2.53. The van der Waals surface area contributed by atoms with Gasteiger partial charge in [-0.2, -0.15) is 0 Å². The minimum absolute atomic E-state index is 0.0490. The molecule has 8 heteroatoms. The van der Waals surface area contributed by atoms with Gasteiger partial charge in [0.1, 0.15) is 11.9 Å². The highest BCUT2D eigenvalue weighted by molar-refractivity contribution is 6.05. The summed E-state index contributed by atoms with van der Waals surface area (Å²) in [5.74, 6) is 0.572. The van der Waals surface area contributed by atoms with Crippen LogP contribution in [0.25, 0.3) is 0 Å². The van der Waals surface area contributed by atoms with Crippen LogP contribution in [0.3, 0.4) is 0 Å². The number of pyridine rings is 1. The Kier molecular flexibility index (Phi) is 7.12. The molecule has 3 rings (SSSR count). The average Bonchev–Trinajstić information content (AvgIpc) is 2.75. The van der Waals surface area contributed by atoms with Gasteiger partial charge in [0.25, 0.3) is 5.91 Å². The summed E-state index contributed by atoms with van der Waals surface area (Å²) >= 11 is 0. The smallest absolute Gasteiger partial charge is 0.251 e. The summed E-state index contributed by atoms with van der Waals surface area (Å²) < 4.78 is 5.00. The zero-order valence-corrected chi connectivity index (χ0v) is 18.8. The summed E-state index contributed by atoms with van der Waals surface area (Å²) in [6, 6.07) is 9.16. The van der Waals surface area contributed by atoms with Crippen molar-refractivity contribution in [3.8, 4) is 0 Å². The predicted octanol–water partition coefficient (Wildman–Crippen LogP) is 3.17. The van der Waals surface area contributed by atoms with Crippen molar-refractivity contribution in [2.75, 3.05) is 42.4 Å². The first kappa shape index (κ1) is 22.6. The van der Waals surface area contributed by atoms with Crippen LogP contribution in [-0.2, 0) is 9.53 Å². The topological polar surface area (TPSA) is 86.8 Å². The predicted molar refractivity (Wildman–Crippen MR) is 123 cm³/mol. The van der Waals surface area contributed by atoms with Crippen LogP contribution in [0.4, 0.5) is 22.9 Å². The average molecular weight is 426 g/mol. The maximum atomic E-state index is 12.6. The Morgan fingerprint density at radius 1 is 1.26 bits per heavy atom. The first-order valence-electron chi connectivity index (χ1n) is 10.5. The van der Waals surface area contributed by atoms with E-state index >= 15 is 0 Å². The number of nitrogens with zero attached hydrogens (tertiary/aromatic N) is 3. The fourth-order valence-corrected chi connectivity index (χ4v) is 3.83. The second-order valence-corrected chi connectivity index (χ2v) is 7.94. The molecular weight excluding hydrogens is 394 g/mol. The van der Waals surface area contributed by atoms with Gasteiger partial charge < -0.3 is 25.2 Å². The van der Waals surface area contributed by atoms with Crippen LogP contribution in [0.1, 0.15) is 37.6 Å². The van der Waals surface area contributed by atoms with Crippen LogP contribution < -0.4 is 20.4 Å². The highest BCUT2D eigenvalue weighted by Gasteiger charge is 2.35. The number of aromatic nitrogens is 1. The summed E-state index contributed by atoms with van der Waals surface area (Å²) in [6.45, 7) is 7.23. The fourth-order valence-electron chi connectivity index (χ4n) is 3.83. The number of carbonyl (C=O) groups is 2. The Bertz CT molecular complexity index is 947. The van der Waals surface area contributed by atoms with Gasteiger partial charge in [0.2, 0.25) is 5.91 Å². The molecule has 0 spiro atoms. The number of hydrogen-bond donors (Lipinski definition) is 2. The van der Waals surface area contributed by atoms with E-state index in [1.54, 1.807) is 37.4 Å². The zero-order chi connectivity index (χ0) is 22.5. The highest BCUT2D eigenvalue weighted by Crippen LogP contribution is 2.38. The number of ether oxygens (including phenoxy) is 1. The molecule has 0 bridgehead atoms. The van der Waals surface area contributed by atoms with Crippen molar-refractivity contribution in [1.29, 1.82) is 0 Å². The number of nitrogens with one attached hydrogen (secondary N) is 2. The molecule has 1 aromatic heterocycles. The molecule has 1 aliphatic rings. The first-order chi connectivity index (χ1) is 14.8. The van der Waals surface area contributed by atoms with E-state index < -0.39 is 0 Å². The summed E-state index contributed by atoms with van der Waals surface area (Å²) in [6.07, 6.45) is 2.48. The molecule has 0 saturated carbocycles. The maximum Gasteiger partial charge on any atom is 0.251 e. The number of hydrogen-bond acceptors (Lipinski definition) is 6. The van der Waals surface area contributed by atoms with Gasteiger partial charge in [0.05, 0.1) is 17.6 Å². The minimum atomic E-state index is -0.252. The quantitative estimate of drug-likeness (QED) is 0.632. The Morgan fingerprint density at radius 3 is 2.74 bits per heavy atom. The Morgan fingerprint density at radius 2 is 2.03 bits per heavy atom. The van der Waals surface area contributed by atoms with Gasteiger partial charge in [-0.15, -0.1) is 0 Å². The van der Waals surface area contributed by atoms with Crippen LogP contribution in [0, 0.1) is 0 Å². The lowest BCUT2D eigenvalue weighted by molar-refractivity contribution is -0.119. The van der Waals surface area contributed by atoms with Gasteiger partial charge in [-0.1, -0.05) is 6.07 Å². The first-order valence-corrected chi connectivity index (χ1v) is 10.5. The molecule has 31 heavy (non-hydrogen) atoms. The van der Waals surface area contributed by atoms with E-state index in [2.05, 4.69) is 34.4 Å². The lowest BCUT2D eigenvalue weighted by Gasteiger charge is -2.42. The number of anilines is 4. The SMILES string of the molecule is COCCCNC(=O)c1cccc(Nc2cc3c(cn2)N(C)C(=O)C(C)N3C(C)C)c1. The normalized spacial score (nSPS) is 15.8. The molecule has 0 radical (unpaired) electrons. The molecule has 2 N–H and O–H groups in total. The Labute approximate surface area is 183 Å². The van der Waals surface area contributed by atoms with Crippen molar-refractivity contribution in [3.05, 3.63) is 42.1 Å². The number of likely N-dealkylation sites (N-methyl/N-ethyl adjacent to an activating group) is 1. The lowest BCUT2D eigenvalue weighted by atomic mass is 10.1. The van der Waals surface area contributed by atoms with E-state index in [-0.39, 0.29) is 23.9 Å². The van der Waals surface area contributed by atoms with Gasteiger partial charge in [-0.25, -0.2) is 4.98 Å². The molecule has 1 aromatic carbocycles. The van der Waals surface area contributed by atoms with Crippen LogP contribution in [0.2, 0.25) is 0 Å². The summed E-state index contributed by atoms with van der Waals surface area (Å²) in [5.41, 5.74) is 3.07. The van der Waals surface area contributed by atoms with Gasteiger partial charge in [-0.3, -0.25) is 9.59 Å². The van der Waals surface area contributed by atoms with Gasteiger partial charge in [0.15, 0.2) is 0 Å². The highest BCUT2D eigenvalue weighted by atomic mass is 16.5. The van der Waals surface area contributed by atoms with Crippen molar-refractivity contribution in [2.45, 2.75) is 39.3 Å². The molecule has 0 aliphatic carbocycles. The summed E-state index contributed by atoms with van der Waals surface area (Å²) in [4.78, 5) is 33.2. The van der Waals surface area contributed by atoms with Crippen molar-refractivity contribution < 1.29 is 14.3 Å². The Balaban J connectivity index is 1.80. The maximum absolute atomic E-state index is 12.6. The van der Waals surface area contributed by atoms with E-state index in [4.69, 9.17) is 4.74 Å². The van der Waals surface area contributed by atoms with Crippen LogP contribution >= 0.6 is 0 Å². The van der Waals surface area contributed by atoms with Gasteiger partial charge >= 0.3 is 0 Å². The van der Waals surface area contributed by atoms with Crippen LogP contribution in [-0.4, -0.2) is 56.2 Å². The van der Waals surface area contributed by atoms with E-state index in [0.29, 0.717) is 24.5 Å². The molecule has 0 fully saturated rings. The standard InChI is InChI=1S/C23H31N5O3/c1-15(2)28-16(3)23(30)27(4)20-14-25-21(13-19(20)28)26-18-9-6-8-17(12-18)22(29)24-10-7-11-31-5/h6,8-9,12-16H,7,10-11H2,1-5H3,(H,24,29)(H,25,26). The van der Waals surface area contributed by atoms with Gasteiger partial charge in [-0.05, 0) is 45.4 Å². The molecule has 1 unspecified atom stereocenters. The van der Waals surface area contributed by atoms with E-state index in [9.17, 15) is 9.59 Å². The third-order valence-corrected chi connectivity index (χ3v) is 5.37. The minimum Gasteiger partial charge on any atom is -0.385 e. The molecule has 8 nitrogen and oxygen atoms in total. The van der Waals surface area contributed by atoms with Crippen LogP contribution in [0.15, 0.2) is 36.5 Å².